The molecule has 0 heterocycles. The van der Waals surface area contributed by atoms with Crippen molar-refractivity contribution >= 4 is 17.8 Å². The number of hydrogen-bond donors (Lipinski definition) is 1. The van der Waals surface area contributed by atoms with Gasteiger partial charge in [-0.25, -0.2) is 0 Å². The molecule has 0 rings (SSSR count). The fourth-order valence-electron chi connectivity index (χ4n) is 1.02. The summed E-state index contributed by atoms with van der Waals surface area (Å²) in [7, 11) is 0. The summed E-state index contributed by atoms with van der Waals surface area (Å²) in [5.74, 6) is -3.37. The maximum atomic E-state index is 11.2. The van der Waals surface area contributed by atoms with Gasteiger partial charge in [0.1, 0.15) is 0 Å². The molecule has 0 spiro atoms. The second-order valence-corrected chi connectivity index (χ2v) is 3.09. The van der Waals surface area contributed by atoms with Crippen LogP contribution in [-0.2, 0) is 31.2 Å². The van der Waals surface area contributed by atoms with E-state index in [0.717, 1.165) is 4.90 Å². The van der Waals surface area contributed by atoms with Gasteiger partial charge in [0.25, 0.3) is 0 Å². The predicted octanol–water partition coefficient (Wildman–Crippen LogP) is -3.87. The molecule has 0 unspecified atom stereocenters. The van der Waals surface area contributed by atoms with E-state index in [9.17, 15) is 24.6 Å². The monoisotopic (exact) mass is 288 g/mol. The first kappa shape index (κ1) is 18.2. The molecule has 2 radical (unpaired) electrons. The molecule has 17 heavy (non-hydrogen) atoms. The van der Waals surface area contributed by atoms with E-state index in [0.29, 0.717) is 13.0 Å². The molecular formula is C9H13CoN2O5. The number of carboxylic acid groups (broad SMARTS) is 2. The minimum Gasteiger partial charge on any atom is -0.549 e. The maximum absolute atomic E-state index is 11.2. The summed E-state index contributed by atoms with van der Waals surface area (Å²) in [5, 5.41) is 23.0. The Labute approximate surface area is 109 Å². The van der Waals surface area contributed by atoms with E-state index in [4.69, 9.17) is 0 Å². The van der Waals surface area contributed by atoms with E-state index in [1.54, 1.807) is 0 Å². The normalized spacial score (nSPS) is 9.53. The first-order valence-corrected chi connectivity index (χ1v) is 4.63. The van der Waals surface area contributed by atoms with Gasteiger partial charge < -0.3 is 25.1 Å². The molecule has 7 nitrogen and oxygen atoms in total. The van der Waals surface area contributed by atoms with Gasteiger partial charge in [-0.15, -0.1) is 0 Å². The van der Waals surface area contributed by atoms with Crippen molar-refractivity contribution in [3.8, 4) is 0 Å². The van der Waals surface area contributed by atoms with Crippen LogP contribution in [0.5, 0.6) is 0 Å². The van der Waals surface area contributed by atoms with Crippen LogP contribution in [0.4, 0.5) is 0 Å². The number of hydrogen-bond acceptors (Lipinski definition) is 6. The zero-order chi connectivity index (χ0) is 12.6. The third-order valence-corrected chi connectivity index (χ3v) is 1.57. The first-order valence-electron chi connectivity index (χ1n) is 4.63. The zero-order valence-electron chi connectivity index (χ0n) is 9.06. The van der Waals surface area contributed by atoms with Crippen LogP contribution < -0.4 is 15.5 Å². The second-order valence-electron chi connectivity index (χ2n) is 3.09. The van der Waals surface area contributed by atoms with Gasteiger partial charge in [-0.3, -0.25) is 9.69 Å². The molecule has 0 atom stereocenters. The SMILES string of the molecule is [CH2]CCNC(=O)CN(CC(=O)[O-])CC(=O)[O-].[Co+2]. The average molecular weight is 288 g/mol. The van der Waals surface area contributed by atoms with Crippen molar-refractivity contribution < 1.29 is 41.4 Å². The molecule has 0 aromatic carbocycles. The Morgan fingerprint density at radius 2 is 1.53 bits per heavy atom. The Morgan fingerprint density at radius 3 is 1.88 bits per heavy atom. The summed E-state index contributed by atoms with van der Waals surface area (Å²) in [5.41, 5.74) is 0. The Bertz CT molecular complexity index is 256. The number of carbonyl (C=O) groups is 3. The molecule has 0 aliphatic heterocycles. The van der Waals surface area contributed by atoms with Crippen molar-refractivity contribution in [2.45, 2.75) is 6.42 Å². The zero-order valence-corrected chi connectivity index (χ0v) is 10.1. The number of carbonyl (C=O) groups excluding carboxylic acids is 3. The summed E-state index contributed by atoms with van der Waals surface area (Å²) in [6, 6.07) is 0. The topological polar surface area (TPSA) is 113 Å². The Kier molecular flexibility index (Phi) is 10.8. The summed E-state index contributed by atoms with van der Waals surface area (Å²) in [4.78, 5) is 32.6. The van der Waals surface area contributed by atoms with Crippen LogP contribution in [0, 0.1) is 6.92 Å². The van der Waals surface area contributed by atoms with Gasteiger partial charge in [-0.2, -0.15) is 0 Å². The second kappa shape index (κ2) is 10.1. The minimum absolute atomic E-state index is 0. The fourth-order valence-corrected chi connectivity index (χ4v) is 1.02. The standard InChI is InChI=1S/C9H15N2O5.Co/c1-2-3-10-7(12)4-11(5-8(13)14)6-9(15)16;/h1-6H2,(H,10,12)(H,13,14)(H,15,16);/q;+2/p-2. The van der Waals surface area contributed by atoms with Crippen LogP contribution in [0.3, 0.4) is 0 Å². The number of nitrogens with one attached hydrogen (secondary N) is 1. The Morgan fingerprint density at radius 1 is 1.06 bits per heavy atom. The molecule has 0 bridgehead atoms. The molecule has 1 N–H and O–H groups in total. The predicted molar refractivity (Wildman–Crippen MR) is 49.4 cm³/mol. The smallest absolute Gasteiger partial charge is 0.549 e. The number of aliphatic carboxylic acids is 2. The average Bonchev–Trinajstić information content (AvgIpc) is 2.12. The number of carboxylic acids is 2. The number of amides is 1. The molecule has 1 amide bonds. The summed E-state index contributed by atoms with van der Waals surface area (Å²) in [6.07, 6.45) is 0.493. The van der Waals surface area contributed by atoms with Crippen molar-refractivity contribution in [1.82, 2.24) is 10.2 Å². The van der Waals surface area contributed by atoms with E-state index in [2.05, 4.69) is 12.2 Å². The van der Waals surface area contributed by atoms with Crippen LogP contribution in [0.15, 0.2) is 0 Å². The van der Waals surface area contributed by atoms with Gasteiger partial charge in [0, 0.05) is 19.6 Å². The van der Waals surface area contributed by atoms with Gasteiger partial charge in [0.2, 0.25) is 5.91 Å². The van der Waals surface area contributed by atoms with E-state index in [1.807, 2.05) is 0 Å². The van der Waals surface area contributed by atoms with Crippen LogP contribution in [0.2, 0.25) is 0 Å². The molecule has 0 aliphatic carbocycles. The van der Waals surface area contributed by atoms with Gasteiger partial charge in [0.15, 0.2) is 0 Å². The van der Waals surface area contributed by atoms with E-state index < -0.39 is 30.9 Å². The van der Waals surface area contributed by atoms with Crippen molar-refractivity contribution in [2.24, 2.45) is 0 Å². The van der Waals surface area contributed by atoms with Gasteiger partial charge in [0.05, 0.1) is 18.5 Å². The summed E-state index contributed by atoms with van der Waals surface area (Å²) >= 11 is 0. The van der Waals surface area contributed by atoms with E-state index in [-0.39, 0.29) is 23.3 Å². The Hall–Kier alpha value is -1.12. The largest absolute Gasteiger partial charge is 2.00 e. The molecule has 0 aromatic heterocycles. The van der Waals surface area contributed by atoms with E-state index in [1.165, 1.54) is 0 Å². The summed E-state index contributed by atoms with van der Waals surface area (Å²) < 4.78 is 0. The quantitative estimate of drug-likeness (QED) is 0.489. The van der Waals surface area contributed by atoms with Crippen LogP contribution in [-0.4, -0.2) is 48.9 Å². The van der Waals surface area contributed by atoms with Crippen molar-refractivity contribution in [3.63, 3.8) is 0 Å². The molecule has 8 heteroatoms. The third kappa shape index (κ3) is 11.1. The number of nitrogens with zero attached hydrogens (tertiary/aromatic N) is 1. The van der Waals surface area contributed by atoms with Gasteiger partial charge in [-0.1, -0.05) is 6.92 Å². The minimum atomic E-state index is -1.45. The fraction of sp³-hybridized carbons (Fsp3) is 0.556. The first-order chi connectivity index (χ1) is 7.45. The van der Waals surface area contributed by atoms with Gasteiger partial charge in [-0.05, 0) is 6.42 Å². The Balaban J connectivity index is 0. The van der Waals surface area contributed by atoms with Crippen LogP contribution >= 0.6 is 0 Å². The molecular weight excluding hydrogens is 275 g/mol. The number of rotatable bonds is 8. The summed E-state index contributed by atoms with van der Waals surface area (Å²) in [6.45, 7) is 2.25. The molecule has 0 aromatic rings. The van der Waals surface area contributed by atoms with Crippen LogP contribution in [0.1, 0.15) is 6.42 Å². The maximum Gasteiger partial charge on any atom is 2.00 e. The third-order valence-electron chi connectivity index (χ3n) is 1.57. The molecule has 0 saturated carbocycles. The van der Waals surface area contributed by atoms with Crippen LogP contribution in [0.25, 0.3) is 0 Å². The van der Waals surface area contributed by atoms with Crippen molar-refractivity contribution in [3.05, 3.63) is 6.92 Å². The molecule has 0 fully saturated rings. The van der Waals surface area contributed by atoms with Crippen molar-refractivity contribution in [1.29, 1.82) is 0 Å². The molecule has 0 saturated heterocycles. The van der Waals surface area contributed by atoms with Crippen molar-refractivity contribution in [2.75, 3.05) is 26.2 Å². The molecule has 98 valence electrons. The molecule has 0 aliphatic rings. The van der Waals surface area contributed by atoms with Gasteiger partial charge >= 0.3 is 16.8 Å². The van der Waals surface area contributed by atoms with E-state index >= 15 is 0 Å².